The Balaban J connectivity index is 1.80. The van der Waals surface area contributed by atoms with E-state index < -0.39 is 10.8 Å². The van der Waals surface area contributed by atoms with Crippen LogP contribution in [0, 0.1) is 5.82 Å². The van der Waals surface area contributed by atoms with Crippen molar-refractivity contribution in [2.75, 3.05) is 11.5 Å². The van der Waals surface area contributed by atoms with Gasteiger partial charge in [0.05, 0.1) is 23.4 Å². The molecule has 0 spiro atoms. The van der Waals surface area contributed by atoms with Gasteiger partial charge in [-0.3, -0.25) is 4.21 Å². The third kappa shape index (κ3) is 3.93. The summed E-state index contributed by atoms with van der Waals surface area (Å²) in [4.78, 5) is 0.682. The lowest BCUT2D eigenvalue weighted by atomic mass is 10.0. The van der Waals surface area contributed by atoms with E-state index in [4.69, 9.17) is 12.2 Å². The van der Waals surface area contributed by atoms with E-state index >= 15 is 0 Å². The van der Waals surface area contributed by atoms with Crippen LogP contribution in [0.15, 0.2) is 30.5 Å². The third-order valence-electron chi connectivity index (χ3n) is 3.74. The number of nitrogens with one attached hydrogen (secondary N) is 1. The van der Waals surface area contributed by atoms with Crippen LogP contribution in [-0.2, 0) is 17.3 Å². The average molecular weight is 364 g/mol. The van der Waals surface area contributed by atoms with Gasteiger partial charge in [0.25, 0.3) is 0 Å². The van der Waals surface area contributed by atoms with E-state index in [2.05, 4.69) is 15.6 Å². The zero-order valence-corrected chi connectivity index (χ0v) is 14.8. The molecule has 1 N–H and O–H groups in total. The molecule has 24 heavy (non-hydrogen) atoms. The summed E-state index contributed by atoms with van der Waals surface area (Å²) in [6.45, 7) is 2.28. The minimum Gasteiger partial charge on any atom is -0.374 e. The second-order valence-electron chi connectivity index (χ2n) is 5.52. The van der Waals surface area contributed by atoms with Gasteiger partial charge in [0.2, 0.25) is 0 Å². The van der Waals surface area contributed by atoms with Gasteiger partial charge in [0.15, 0.2) is 0 Å². The van der Waals surface area contributed by atoms with Gasteiger partial charge in [-0.2, -0.15) is 0 Å². The van der Waals surface area contributed by atoms with Crippen molar-refractivity contribution in [3.05, 3.63) is 47.5 Å². The summed E-state index contributed by atoms with van der Waals surface area (Å²) >= 11 is 4.96. The highest BCUT2D eigenvalue weighted by Gasteiger charge is 2.15. The van der Waals surface area contributed by atoms with Crippen LogP contribution < -0.4 is 5.32 Å². The Morgan fingerprint density at radius 1 is 1.50 bits per heavy atom. The number of aromatic nitrogens is 3. The summed E-state index contributed by atoms with van der Waals surface area (Å²) in [6.07, 6.45) is 4.24. The zero-order valence-electron chi connectivity index (χ0n) is 13.2. The molecule has 1 aliphatic heterocycles. The fourth-order valence-electron chi connectivity index (χ4n) is 2.47. The van der Waals surface area contributed by atoms with Crippen LogP contribution in [0.4, 0.5) is 4.39 Å². The lowest BCUT2D eigenvalue weighted by molar-refractivity contribution is 0.620. The molecule has 3 rings (SSSR count). The molecule has 0 amide bonds. The van der Waals surface area contributed by atoms with Crippen LogP contribution in [0.3, 0.4) is 0 Å². The Morgan fingerprint density at radius 2 is 2.33 bits per heavy atom. The van der Waals surface area contributed by atoms with Gasteiger partial charge in [-0.1, -0.05) is 23.5 Å². The van der Waals surface area contributed by atoms with Gasteiger partial charge >= 0.3 is 0 Å². The number of thiocarbonyl (C=S) groups is 1. The molecule has 1 atom stereocenters. The average Bonchev–Trinajstić information content (AvgIpc) is 3.03. The minimum absolute atomic E-state index is 0.309. The predicted octanol–water partition coefficient (Wildman–Crippen LogP) is 2.38. The normalized spacial score (nSPS) is 17.4. The highest BCUT2D eigenvalue weighted by molar-refractivity contribution is 7.85. The summed E-state index contributed by atoms with van der Waals surface area (Å²) in [7, 11) is -0.815. The third-order valence-corrected chi connectivity index (χ3v) is 5.08. The maximum absolute atomic E-state index is 14.5. The summed E-state index contributed by atoms with van der Waals surface area (Å²) in [5.74, 6) is 0.775. The van der Waals surface area contributed by atoms with Crippen LogP contribution in [0.25, 0.3) is 11.3 Å². The summed E-state index contributed by atoms with van der Waals surface area (Å²) in [5, 5.41) is 11.1. The second-order valence-corrected chi connectivity index (χ2v) is 7.75. The predicted molar refractivity (Wildman–Crippen MR) is 96.9 cm³/mol. The van der Waals surface area contributed by atoms with Crippen LogP contribution in [-0.4, -0.2) is 35.7 Å². The maximum atomic E-state index is 14.5. The smallest absolute Gasteiger partial charge is 0.132 e. The molecule has 0 aliphatic carbocycles. The van der Waals surface area contributed by atoms with Crippen LogP contribution in [0.2, 0.25) is 0 Å². The first-order valence-corrected chi connectivity index (χ1v) is 9.42. The summed E-state index contributed by atoms with van der Waals surface area (Å²) in [6, 6.07) is 4.99. The highest BCUT2D eigenvalue weighted by atomic mass is 32.2. The Kier molecular flexibility index (Phi) is 5.15. The zero-order chi connectivity index (χ0) is 17.1. The van der Waals surface area contributed by atoms with E-state index in [-0.39, 0.29) is 5.82 Å². The van der Waals surface area contributed by atoms with Crippen molar-refractivity contribution < 1.29 is 8.60 Å². The Morgan fingerprint density at radius 3 is 3.00 bits per heavy atom. The molecule has 1 aromatic heterocycles. The number of rotatable bonds is 4. The Hall–Kier alpha value is -1.93. The molecule has 0 bridgehead atoms. The number of hydrogen-bond donors (Lipinski definition) is 1. The van der Waals surface area contributed by atoms with Crippen molar-refractivity contribution in [2.45, 2.75) is 19.9 Å². The molecule has 8 heteroatoms. The van der Waals surface area contributed by atoms with E-state index in [0.29, 0.717) is 40.7 Å². The van der Waals surface area contributed by atoms with E-state index in [1.807, 2.05) is 6.08 Å². The standard InChI is InChI=1S/C16H17FN4OS2/c1-11(23)18-9-13-10-21(20-19-13)14-2-3-15(16(17)8-14)12-4-6-24(22)7-5-12/h2-4,8,10H,5-7,9H2,1H3,(H,18,23). The van der Waals surface area contributed by atoms with Crippen LogP contribution in [0.1, 0.15) is 24.6 Å². The molecule has 1 aromatic carbocycles. The molecule has 0 saturated heterocycles. The number of hydrogen-bond acceptors (Lipinski definition) is 4. The quantitative estimate of drug-likeness (QED) is 0.844. The fourth-order valence-corrected chi connectivity index (χ4v) is 3.55. The largest absolute Gasteiger partial charge is 0.374 e. The van der Waals surface area contributed by atoms with Crippen LogP contribution >= 0.6 is 12.2 Å². The Labute approximate surface area is 147 Å². The first-order chi connectivity index (χ1) is 11.5. The lowest BCUT2D eigenvalue weighted by Crippen LogP contribution is -2.17. The Bertz CT molecular complexity index is 831. The van der Waals surface area contributed by atoms with Crippen LogP contribution in [0.5, 0.6) is 0 Å². The van der Waals surface area contributed by atoms with Crippen molar-refractivity contribution in [3.8, 4) is 5.69 Å². The monoisotopic (exact) mass is 364 g/mol. The van der Waals surface area contributed by atoms with Gasteiger partial charge in [0, 0.05) is 33.9 Å². The van der Waals surface area contributed by atoms with Gasteiger partial charge in [-0.15, -0.1) is 5.10 Å². The molecule has 0 saturated carbocycles. The SMILES string of the molecule is CC(=S)NCc1cn(-c2ccc(C3=CCS(=O)CC3)c(F)c2)nn1. The van der Waals surface area contributed by atoms with E-state index in [0.717, 1.165) is 11.3 Å². The molecule has 5 nitrogen and oxygen atoms in total. The summed E-state index contributed by atoms with van der Waals surface area (Å²) < 4.78 is 27.4. The molecule has 0 radical (unpaired) electrons. The molecular weight excluding hydrogens is 347 g/mol. The molecular formula is C16H17FN4OS2. The molecule has 0 fully saturated rings. The van der Waals surface area contributed by atoms with E-state index in [1.54, 1.807) is 25.3 Å². The van der Waals surface area contributed by atoms with Crippen molar-refractivity contribution in [1.29, 1.82) is 0 Å². The number of nitrogens with zero attached hydrogens (tertiary/aromatic N) is 3. The maximum Gasteiger partial charge on any atom is 0.132 e. The number of halogens is 1. The van der Waals surface area contributed by atoms with Gasteiger partial charge in [-0.25, -0.2) is 9.07 Å². The lowest BCUT2D eigenvalue weighted by Gasteiger charge is -2.14. The van der Waals surface area contributed by atoms with Gasteiger partial charge in [0.1, 0.15) is 11.5 Å². The summed E-state index contributed by atoms with van der Waals surface area (Å²) in [5.41, 5.74) is 2.81. The van der Waals surface area contributed by atoms with E-state index in [9.17, 15) is 8.60 Å². The molecule has 2 heterocycles. The van der Waals surface area contributed by atoms with Crippen molar-refractivity contribution in [2.24, 2.45) is 0 Å². The molecule has 1 aliphatic rings. The fraction of sp³-hybridized carbons (Fsp3) is 0.312. The van der Waals surface area contributed by atoms with Gasteiger partial charge in [-0.05, 0) is 31.1 Å². The van der Waals surface area contributed by atoms with E-state index in [1.165, 1.54) is 10.7 Å². The highest BCUT2D eigenvalue weighted by Crippen LogP contribution is 2.26. The molecule has 1 unspecified atom stereocenters. The second kappa shape index (κ2) is 7.31. The number of benzene rings is 1. The van der Waals surface area contributed by atoms with Crippen molar-refractivity contribution >= 4 is 33.6 Å². The molecule has 126 valence electrons. The van der Waals surface area contributed by atoms with Gasteiger partial charge < -0.3 is 5.32 Å². The van der Waals surface area contributed by atoms with Crippen molar-refractivity contribution in [3.63, 3.8) is 0 Å². The number of allylic oxidation sites excluding steroid dienone is 1. The minimum atomic E-state index is -0.815. The van der Waals surface area contributed by atoms with Crippen molar-refractivity contribution in [1.82, 2.24) is 20.3 Å². The topological polar surface area (TPSA) is 59.8 Å². The first kappa shape index (κ1) is 16.9. The first-order valence-electron chi connectivity index (χ1n) is 7.53. The molecule has 2 aromatic rings.